The molecule has 3 rings (SSSR count). The molecule has 1 saturated heterocycles. The van der Waals surface area contributed by atoms with Crippen LogP contribution in [0.2, 0.25) is 0 Å². The van der Waals surface area contributed by atoms with E-state index in [-0.39, 0.29) is 5.91 Å². The standard InChI is InChI=1S/C20H14INO3S2/c1-2-11-22-18(23)17(27-20(22)26)12-13-7-9-14(10-8-13)25-19(24)15-5-3-4-6-16(15)21/h2-10,12H,1,11H2/b17-12+. The first-order chi connectivity index (χ1) is 13.0. The largest absolute Gasteiger partial charge is 0.423 e. The van der Waals surface area contributed by atoms with Crippen molar-refractivity contribution in [2.45, 2.75) is 0 Å². The topological polar surface area (TPSA) is 46.6 Å². The van der Waals surface area contributed by atoms with Crippen LogP contribution >= 0.6 is 46.6 Å². The number of rotatable bonds is 5. The van der Waals surface area contributed by atoms with Crippen LogP contribution in [0.4, 0.5) is 0 Å². The van der Waals surface area contributed by atoms with Crippen LogP contribution in [0.15, 0.2) is 66.1 Å². The molecule has 2 aromatic rings. The Morgan fingerprint density at radius 2 is 1.93 bits per heavy atom. The molecule has 1 aliphatic rings. The number of halogens is 1. The highest BCUT2D eigenvalue weighted by Crippen LogP contribution is 2.32. The number of thioether (sulfide) groups is 1. The van der Waals surface area contributed by atoms with Gasteiger partial charge in [0.15, 0.2) is 0 Å². The summed E-state index contributed by atoms with van der Waals surface area (Å²) in [7, 11) is 0. The van der Waals surface area contributed by atoms with Gasteiger partial charge in [-0.15, -0.1) is 6.58 Å². The zero-order valence-corrected chi connectivity index (χ0v) is 17.8. The number of benzene rings is 2. The van der Waals surface area contributed by atoms with Gasteiger partial charge in [-0.1, -0.05) is 54.3 Å². The minimum Gasteiger partial charge on any atom is -0.423 e. The molecule has 2 aromatic carbocycles. The summed E-state index contributed by atoms with van der Waals surface area (Å²) in [4.78, 5) is 26.7. The monoisotopic (exact) mass is 507 g/mol. The molecule has 1 heterocycles. The van der Waals surface area contributed by atoms with Crippen molar-refractivity contribution in [1.29, 1.82) is 0 Å². The molecule has 4 nitrogen and oxygen atoms in total. The van der Waals surface area contributed by atoms with Crippen molar-refractivity contribution in [3.05, 3.63) is 80.8 Å². The number of esters is 1. The average molecular weight is 507 g/mol. The Morgan fingerprint density at radius 3 is 2.59 bits per heavy atom. The molecule has 0 aliphatic carbocycles. The number of nitrogens with zero attached hydrogens (tertiary/aromatic N) is 1. The molecular formula is C20H14INO3S2. The minimum atomic E-state index is -0.405. The van der Waals surface area contributed by atoms with Crippen LogP contribution in [0.3, 0.4) is 0 Å². The van der Waals surface area contributed by atoms with Gasteiger partial charge < -0.3 is 4.74 Å². The Hall–Kier alpha value is -1.97. The maximum Gasteiger partial charge on any atom is 0.344 e. The van der Waals surface area contributed by atoms with E-state index in [0.29, 0.717) is 27.1 Å². The first-order valence-electron chi connectivity index (χ1n) is 7.92. The van der Waals surface area contributed by atoms with Gasteiger partial charge in [-0.25, -0.2) is 4.79 Å². The van der Waals surface area contributed by atoms with Crippen molar-refractivity contribution < 1.29 is 14.3 Å². The van der Waals surface area contributed by atoms with Crippen molar-refractivity contribution in [3.8, 4) is 5.75 Å². The third-order valence-electron chi connectivity index (χ3n) is 3.67. The molecule has 136 valence electrons. The van der Waals surface area contributed by atoms with E-state index in [1.807, 2.05) is 12.1 Å². The van der Waals surface area contributed by atoms with Crippen molar-refractivity contribution >= 4 is 68.8 Å². The number of hydrogen-bond donors (Lipinski definition) is 0. The predicted octanol–water partition coefficient (Wildman–Crippen LogP) is 4.90. The third kappa shape index (κ3) is 4.66. The summed E-state index contributed by atoms with van der Waals surface area (Å²) in [6.07, 6.45) is 3.42. The molecule has 0 spiro atoms. The zero-order valence-electron chi connectivity index (χ0n) is 14.1. The van der Waals surface area contributed by atoms with Crippen LogP contribution < -0.4 is 4.74 Å². The SMILES string of the molecule is C=CCN1C(=O)/C(=C\c2ccc(OC(=O)c3ccccc3I)cc2)SC1=S. The van der Waals surface area contributed by atoms with E-state index in [1.165, 1.54) is 16.7 Å². The van der Waals surface area contributed by atoms with Gasteiger partial charge in [0.05, 0.1) is 10.5 Å². The van der Waals surface area contributed by atoms with Gasteiger partial charge in [0.1, 0.15) is 10.1 Å². The van der Waals surface area contributed by atoms with Crippen LogP contribution in [0.25, 0.3) is 6.08 Å². The van der Waals surface area contributed by atoms with Crippen LogP contribution in [-0.2, 0) is 4.79 Å². The molecule has 0 radical (unpaired) electrons. The van der Waals surface area contributed by atoms with Gasteiger partial charge in [-0.2, -0.15) is 0 Å². The lowest BCUT2D eigenvalue weighted by Gasteiger charge is -2.10. The Morgan fingerprint density at radius 1 is 1.22 bits per heavy atom. The van der Waals surface area contributed by atoms with Crippen LogP contribution in [-0.4, -0.2) is 27.6 Å². The Kier molecular flexibility index (Phi) is 6.46. The number of carbonyl (C=O) groups excluding carboxylic acids is 2. The highest BCUT2D eigenvalue weighted by atomic mass is 127. The highest BCUT2D eigenvalue weighted by molar-refractivity contribution is 14.1. The van der Waals surface area contributed by atoms with Crippen LogP contribution in [0.5, 0.6) is 5.75 Å². The molecule has 0 saturated carbocycles. The van der Waals surface area contributed by atoms with Gasteiger partial charge in [-0.3, -0.25) is 9.69 Å². The van der Waals surface area contributed by atoms with Crippen LogP contribution in [0, 0.1) is 3.57 Å². The number of ether oxygens (including phenoxy) is 1. The number of hydrogen-bond acceptors (Lipinski definition) is 5. The van der Waals surface area contributed by atoms with E-state index in [1.54, 1.807) is 48.6 Å². The number of amides is 1. The summed E-state index contributed by atoms with van der Waals surface area (Å²) in [5.41, 5.74) is 1.34. The Bertz CT molecular complexity index is 954. The molecule has 0 bridgehead atoms. The fourth-order valence-corrected chi connectivity index (χ4v) is 4.24. The van der Waals surface area contributed by atoms with E-state index in [0.717, 1.165) is 9.13 Å². The van der Waals surface area contributed by atoms with E-state index in [4.69, 9.17) is 17.0 Å². The molecule has 0 aromatic heterocycles. The summed E-state index contributed by atoms with van der Waals surface area (Å²) in [5.74, 6) is -0.0897. The molecule has 1 aliphatic heterocycles. The van der Waals surface area contributed by atoms with Gasteiger partial charge in [0, 0.05) is 10.1 Å². The fourth-order valence-electron chi connectivity index (χ4n) is 2.36. The smallest absolute Gasteiger partial charge is 0.344 e. The summed E-state index contributed by atoms with van der Waals surface area (Å²) in [5, 5.41) is 0. The summed E-state index contributed by atoms with van der Waals surface area (Å²) in [6.45, 7) is 4.04. The van der Waals surface area contributed by atoms with E-state index < -0.39 is 5.97 Å². The second-order valence-corrected chi connectivity index (χ2v) is 8.36. The van der Waals surface area contributed by atoms with Crippen molar-refractivity contribution in [2.75, 3.05) is 6.54 Å². The van der Waals surface area contributed by atoms with Gasteiger partial charge in [0.25, 0.3) is 5.91 Å². The Labute approximate surface area is 180 Å². The molecule has 0 N–H and O–H groups in total. The Balaban J connectivity index is 1.72. The average Bonchev–Trinajstić information content (AvgIpc) is 2.91. The molecule has 0 atom stereocenters. The number of carbonyl (C=O) groups is 2. The quantitative estimate of drug-likeness (QED) is 0.144. The lowest BCUT2D eigenvalue weighted by Crippen LogP contribution is -2.27. The maximum atomic E-state index is 12.3. The molecule has 7 heteroatoms. The molecular weight excluding hydrogens is 493 g/mol. The highest BCUT2D eigenvalue weighted by Gasteiger charge is 2.30. The van der Waals surface area contributed by atoms with Crippen LogP contribution in [0.1, 0.15) is 15.9 Å². The molecule has 1 fully saturated rings. The van der Waals surface area contributed by atoms with Gasteiger partial charge in [0.2, 0.25) is 0 Å². The second kappa shape index (κ2) is 8.81. The van der Waals surface area contributed by atoms with E-state index in [2.05, 4.69) is 29.2 Å². The predicted molar refractivity (Wildman–Crippen MR) is 121 cm³/mol. The summed E-state index contributed by atoms with van der Waals surface area (Å²) >= 11 is 8.59. The maximum absolute atomic E-state index is 12.3. The lowest BCUT2D eigenvalue weighted by atomic mass is 10.2. The first-order valence-corrected chi connectivity index (χ1v) is 10.2. The second-order valence-electron chi connectivity index (χ2n) is 5.52. The summed E-state index contributed by atoms with van der Waals surface area (Å²) < 4.78 is 6.77. The van der Waals surface area contributed by atoms with Crippen molar-refractivity contribution in [3.63, 3.8) is 0 Å². The molecule has 0 unspecified atom stereocenters. The first kappa shape index (κ1) is 19.8. The third-order valence-corrected chi connectivity index (χ3v) is 5.99. The normalized spacial score (nSPS) is 15.3. The van der Waals surface area contributed by atoms with E-state index >= 15 is 0 Å². The lowest BCUT2D eigenvalue weighted by molar-refractivity contribution is -0.121. The van der Waals surface area contributed by atoms with Crippen molar-refractivity contribution in [2.24, 2.45) is 0 Å². The van der Waals surface area contributed by atoms with E-state index in [9.17, 15) is 9.59 Å². The zero-order chi connectivity index (χ0) is 19.4. The summed E-state index contributed by atoms with van der Waals surface area (Å²) in [6, 6.07) is 14.2. The minimum absolute atomic E-state index is 0.126. The fraction of sp³-hybridized carbons (Fsp3) is 0.0500. The van der Waals surface area contributed by atoms with Gasteiger partial charge in [-0.05, 0) is 58.5 Å². The molecule has 27 heavy (non-hydrogen) atoms. The van der Waals surface area contributed by atoms with Crippen molar-refractivity contribution in [1.82, 2.24) is 4.90 Å². The molecule has 1 amide bonds. The van der Waals surface area contributed by atoms with Gasteiger partial charge >= 0.3 is 5.97 Å². The number of thiocarbonyl (C=S) groups is 1.